The first-order valence-corrected chi connectivity index (χ1v) is 8.32. The molecule has 1 aliphatic carbocycles. The van der Waals surface area contributed by atoms with E-state index in [2.05, 4.69) is 10.3 Å². The lowest BCUT2D eigenvalue weighted by molar-refractivity contribution is -0.116. The number of methoxy groups -OCH3 is 2. The second-order valence-electron chi connectivity index (χ2n) is 5.91. The maximum atomic E-state index is 12.6. The number of allylic oxidation sites excluding steroid dienone is 3. The Hall–Kier alpha value is -3.15. The lowest BCUT2D eigenvalue weighted by atomic mass is 9.86. The molecular weight excluding hydrogens is 332 g/mol. The first kappa shape index (κ1) is 17.7. The fourth-order valence-electron chi connectivity index (χ4n) is 3.01. The third-order valence-electron chi connectivity index (χ3n) is 4.36. The molecule has 0 fully saturated rings. The van der Waals surface area contributed by atoms with Crippen LogP contribution >= 0.6 is 0 Å². The van der Waals surface area contributed by atoms with Gasteiger partial charge in [-0.25, -0.2) is 4.99 Å². The maximum Gasteiger partial charge on any atom is 0.281 e. The predicted molar refractivity (Wildman–Crippen MR) is 98.5 cm³/mol. The van der Waals surface area contributed by atoms with Crippen LogP contribution in [0, 0.1) is 5.92 Å². The van der Waals surface area contributed by atoms with Crippen molar-refractivity contribution in [2.24, 2.45) is 10.9 Å². The second-order valence-corrected chi connectivity index (χ2v) is 5.91. The van der Waals surface area contributed by atoms with Crippen LogP contribution in [-0.4, -0.2) is 31.7 Å². The normalized spacial score (nSPS) is 20.0. The fourth-order valence-corrected chi connectivity index (χ4v) is 3.01. The number of ether oxygens (including phenoxy) is 2. The summed E-state index contributed by atoms with van der Waals surface area (Å²) in [5.41, 5.74) is 2.61. The molecule has 1 N–H and O–H groups in total. The van der Waals surface area contributed by atoms with Crippen LogP contribution in [0.3, 0.4) is 0 Å². The molecule has 0 spiro atoms. The van der Waals surface area contributed by atoms with Crippen molar-refractivity contribution in [1.82, 2.24) is 5.32 Å². The summed E-state index contributed by atoms with van der Waals surface area (Å²) >= 11 is 0. The number of nitrogens with one attached hydrogen (secondary N) is 1. The van der Waals surface area contributed by atoms with Crippen molar-refractivity contribution in [2.75, 3.05) is 14.2 Å². The Labute approximate surface area is 151 Å². The van der Waals surface area contributed by atoms with E-state index in [4.69, 9.17) is 9.47 Å². The lowest BCUT2D eigenvalue weighted by Crippen LogP contribution is -2.33. The van der Waals surface area contributed by atoms with Gasteiger partial charge < -0.3 is 14.8 Å². The third kappa shape index (κ3) is 3.44. The highest BCUT2D eigenvalue weighted by Gasteiger charge is 2.25. The molecule has 2 aliphatic rings. The Morgan fingerprint density at radius 2 is 2.04 bits per heavy atom. The smallest absolute Gasteiger partial charge is 0.281 e. The van der Waals surface area contributed by atoms with Gasteiger partial charge in [-0.15, -0.1) is 0 Å². The molecule has 1 heterocycles. The Bertz CT molecular complexity index is 878. The van der Waals surface area contributed by atoms with Crippen molar-refractivity contribution in [1.29, 1.82) is 0 Å². The largest absolute Gasteiger partial charge is 0.497 e. The molecule has 0 aromatic heterocycles. The van der Waals surface area contributed by atoms with Crippen LogP contribution in [-0.2, 0) is 4.79 Å². The van der Waals surface area contributed by atoms with Gasteiger partial charge in [0.1, 0.15) is 11.5 Å². The number of aliphatic imine (C=N–C) groups is 1. The number of hydrogen-bond donors (Lipinski definition) is 1. The van der Waals surface area contributed by atoms with E-state index in [1.54, 1.807) is 43.5 Å². The van der Waals surface area contributed by atoms with E-state index in [1.807, 2.05) is 13.0 Å². The average Bonchev–Trinajstić information content (AvgIpc) is 2.66. The van der Waals surface area contributed by atoms with Crippen LogP contribution in [0.2, 0.25) is 0 Å². The minimum absolute atomic E-state index is 0.0299. The molecule has 134 valence electrons. The van der Waals surface area contributed by atoms with Crippen LogP contribution in [0.5, 0.6) is 11.5 Å². The van der Waals surface area contributed by atoms with Crippen molar-refractivity contribution in [3.8, 4) is 11.5 Å². The molecule has 26 heavy (non-hydrogen) atoms. The van der Waals surface area contributed by atoms with Crippen LogP contribution < -0.4 is 14.8 Å². The average molecular weight is 352 g/mol. The van der Waals surface area contributed by atoms with Crippen molar-refractivity contribution >= 4 is 17.5 Å². The molecule has 6 nitrogen and oxygen atoms in total. The summed E-state index contributed by atoms with van der Waals surface area (Å²) in [6, 6.07) is 4.94. The number of fused-ring (bicyclic) bond motifs is 1. The van der Waals surface area contributed by atoms with Crippen LogP contribution in [0.1, 0.15) is 23.7 Å². The van der Waals surface area contributed by atoms with Crippen LogP contribution in [0.4, 0.5) is 0 Å². The molecular formula is C20H20N2O4. The van der Waals surface area contributed by atoms with Gasteiger partial charge in [0.15, 0.2) is 0 Å². The zero-order chi connectivity index (χ0) is 18.7. The molecule has 6 heteroatoms. The molecule has 1 atom stereocenters. The fraction of sp³-hybridized carbons (Fsp3) is 0.250. The molecule has 0 bridgehead atoms. The van der Waals surface area contributed by atoms with Gasteiger partial charge in [0.2, 0.25) is 5.91 Å². The van der Waals surface area contributed by atoms with Gasteiger partial charge in [-0.05, 0) is 30.7 Å². The van der Waals surface area contributed by atoms with Crippen LogP contribution in [0.25, 0.3) is 0 Å². The first-order valence-electron chi connectivity index (χ1n) is 8.32. The Kier molecular flexibility index (Phi) is 5.02. The molecule has 2 amide bonds. The summed E-state index contributed by atoms with van der Waals surface area (Å²) in [5, 5.41) is 2.82. The summed E-state index contributed by atoms with van der Waals surface area (Å²) in [6.45, 7) is 2.01. The molecule has 1 aliphatic heterocycles. The van der Waals surface area contributed by atoms with Crippen molar-refractivity contribution in [3.05, 3.63) is 59.3 Å². The minimum Gasteiger partial charge on any atom is -0.497 e. The van der Waals surface area contributed by atoms with E-state index in [1.165, 1.54) is 7.11 Å². The van der Waals surface area contributed by atoms with Gasteiger partial charge in [0.05, 0.1) is 25.5 Å². The van der Waals surface area contributed by atoms with Gasteiger partial charge in [0, 0.05) is 23.8 Å². The van der Waals surface area contributed by atoms with E-state index in [0.29, 0.717) is 22.8 Å². The zero-order valence-corrected chi connectivity index (χ0v) is 14.9. The maximum absolute atomic E-state index is 12.6. The summed E-state index contributed by atoms with van der Waals surface area (Å²) in [4.78, 5) is 28.5. The third-order valence-corrected chi connectivity index (χ3v) is 4.36. The van der Waals surface area contributed by atoms with E-state index < -0.39 is 5.91 Å². The molecule has 1 aromatic rings. The number of nitrogens with zero attached hydrogens (tertiary/aromatic N) is 1. The van der Waals surface area contributed by atoms with Crippen molar-refractivity contribution < 1.29 is 19.1 Å². The van der Waals surface area contributed by atoms with Gasteiger partial charge in [-0.1, -0.05) is 18.6 Å². The quantitative estimate of drug-likeness (QED) is 0.904. The molecule has 0 radical (unpaired) electrons. The predicted octanol–water partition coefficient (Wildman–Crippen LogP) is 2.82. The number of carbonyl (C=O) groups is 2. The molecule has 0 saturated heterocycles. The van der Waals surface area contributed by atoms with Gasteiger partial charge >= 0.3 is 0 Å². The Morgan fingerprint density at radius 3 is 2.73 bits per heavy atom. The van der Waals surface area contributed by atoms with E-state index >= 15 is 0 Å². The monoisotopic (exact) mass is 352 g/mol. The molecule has 0 saturated carbocycles. The van der Waals surface area contributed by atoms with E-state index in [-0.39, 0.29) is 11.8 Å². The van der Waals surface area contributed by atoms with Gasteiger partial charge in [-0.3, -0.25) is 9.59 Å². The summed E-state index contributed by atoms with van der Waals surface area (Å²) in [6.07, 6.45) is 7.89. The minimum atomic E-state index is -0.423. The highest BCUT2D eigenvalue weighted by molar-refractivity contribution is 6.14. The van der Waals surface area contributed by atoms with Crippen molar-refractivity contribution in [2.45, 2.75) is 13.3 Å². The number of benzene rings is 1. The highest BCUT2D eigenvalue weighted by Crippen LogP contribution is 2.29. The number of rotatable bonds is 4. The Balaban J connectivity index is 1.89. The number of carbonyl (C=O) groups excluding carboxylic acids is 2. The molecule has 1 aromatic carbocycles. The summed E-state index contributed by atoms with van der Waals surface area (Å²) in [5.74, 6) is 0.445. The SMILES string of the molecule is CCC1=CC(=O)NC2=CC(=NC(=O)c3ccc(OC)cc3OC)C=CC12. The lowest BCUT2D eigenvalue weighted by Gasteiger charge is -2.26. The van der Waals surface area contributed by atoms with E-state index in [9.17, 15) is 9.59 Å². The Morgan fingerprint density at radius 1 is 1.23 bits per heavy atom. The van der Waals surface area contributed by atoms with Crippen molar-refractivity contribution in [3.63, 3.8) is 0 Å². The standard InChI is InChI=1S/C20H20N2O4/c1-4-12-9-19(23)22-17-10-13(5-7-15(12)17)21-20(24)16-8-6-14(25-2)11-18(16)26-3/h5-11,15H,4H2,1-3H3,(H,22,23). The van der Waals surface area contributed by atoms with E-state index in [0.717, 1.165) is 17.7 Å². The summed E-state index contributed by atoms with van der Waals surface area (Å²) < 4.78 is 10.4. The van der Waals surface area contributed by atoms with Gasteiger partial charge in [-0.2, -0.15) is 0 Å². The van der Waals surface area contributed by atoms with Gasteiger partial charge in [0.25, 0.3) is 5.91 Å². The summed E-state index contributed by atoms with van der Waals surface area (Å²) in [7, 11) is 3.03. The molecule has 3 rings (SSSR count). The molecule has 1 unspecified atom stereocenters. The van der Waals surface area contributed by atoms with Crippen LogP contribution in [0.15, 0.2) is 58.8 Å². The number of amides is 2. The zero-order valence-electron chi connectivity index (χ0n) is 14.9. The highest BCUT2D eigenvalue weighted by atomic mass is 16.5. The first-order chi connectivity index (χ1) is 12.5. The topological polar surface area (TPSA) is 77.0 Å². The number of hydrogen-bond acceptors (Lipinski definition) is 4. The second kappa shape index (κ2) is 7.39.